The van der Waals surface area contributed by atoms with E-state index in [9.17, 15) is 19.5 Å². The Morgan fingerprint density at radius 1 is 0.537 bits per heavy atom. The summed E-state index contributed by atoms with van der Waals surface area (Å²) in [5.41, 5.74) is 0. The molecule has 0 aliphatic heterocycles. The molecular weight excluding hydrogens is 514 g/mol. The Hall–Kier alpha value is -1.59. The molecule has 0 aromatic heterocycles. The molecule has 0 fully saturated rings. The van der Waals surface area contributed by atoms with Crippen molar-refractivity contribution in [2.24, 2.45) is 0 Å². The zero-order valence-electron chi connectivity index (χ0n) is 27.2. The summed E-state index contributed by atoms with van der Waals surface area (Å²) in [5.74, 6) is -1.73. The second-order valence-corrected chi connectivity index (χ2v) is 12.1. The van der Waals surface area contributed by atoms with Gasteiger partial charge in [0.25, 0.3) is 0 Å². The summed E-state index contributed by atoms with van der Waals surface area (Å²) in [6.45, 7) is 4.88. The first-order valence-corrected chi connectivity index (χ1v) is 17.7. The molecule has 41 heavy (non-hydrogen) atoms. The van der Waals surface area contributed by atoms with E-state index >= 15 is 0 Å². The number of esters is 1. The number of carbonyl (C=O) groups is 3. The van der Waals surface area contributed by atoms with Gasteiger partial charge in [-0.05, 0) is 19.3 Å². The van der Waals surface area contributed by atoms with E-state index < -0.39 is 12.0 Å². The van der Waals surface area contributed by atoms with Crippen LogP contribution in [0, 0.1) is 0 Å². The van der Waals surface area contributed by atoms with E-state index in [1.54, 1.807) is 0 Å². The zero-order chi connectivity index (χ0) is 30.2. The van der Waals surface area contributed by atoms with E-state index in [0.29, 0.717) is 13.0 Å². The van der Waals surface area contributed by atoms with E-state index in [1.165, 1.54) is 122 Å². The lowest BCUT2D eigenvalue weighted by Gasteiger charge is -2.14. The molecule has 0 spiro atoms. The molecule has 0 heterocycles. The normalized spacial score (nSPS) is 11.9. The molecule has 0 aromatic rings. The number of hydrogen-bond donors (Lipinski definition) is 2. The number of carbonyl (C=O) groups excluding carboxylic acids is 2. The fourth-order valence-electron chi connectivity index (χ4n) is 5.29. The predicted molar refractivity (Wildman–Crippen MR) is 171 cm³/mol. The lowest BCUT2D eigenvalue weighted by molar-refractivity contribution is -0.145. The molecule has 1 atom stereocenters. The summed E-state index contributed by atoms with van der Waals surface area (Å²) in [6, 6.07) is -1.04. The van der Waals surface area contributed by atoms with Gasteiger partial charge in [0.05, 0.1) is 6.61 Å². The number of amides is 1. The van der Waals surface area contributed by atoms with E-state index in [4.69, 9.17) is 4.74 Å². The molecule has 0 aliphatic carbocycles. The Balaban J connectivity index is 3.65. The highest BCUT2D eigenvalue weighted by atomic mass is 16.5. The number of ether oxygens (including phenoxy) is 1. The van der Waals surface area contributed by atoms with Crippen molar-refractivity contribution in [3.8, 4) is 0 Å². The maximum absolute atomic E-state index is 12.2. The fraction of sp³-hybridized carbons (Fsp3) is 0.914. The molecule has 2 N–H and O–H groups in total. The zero-order valence-corrected chi connectivity index (χ0v) is 27.2. The Morgan fingerprint density at radius 2 is 0.902 bits per heavy atom. The van der Waals surface area contributed by atoms with Gasteiger partial charge >= 0.3 is 11.9 Å². The van der Waals surface area contributed by atoms with Gasteiger partial charge in [-0.15, -0.1) is 0 Å². The molecular formula is C35H67NO5. The first-order chi connectivity index (χ1) is 20.0. The summed E-state index contributed by atoms with van der Waals surface area (Å²) in [4.78, 5) is 35.8. The molecule has 0 saturated heterocycles. The van der Waals surface area contributed by atoms with Crippen LogP contribution >= 0.6 is 0 Å². The number of nitrogens with one attached hydrogen (secondary N) is 1. The molecule has 0 radical (unpaired) electrons. The van der Waals surface area contributed by atoms with Crippen molar-refractivity contribution >= 4 is 17.8 Å². The second kappa shape index (κ2) is 31.3. The molecule has 0 rings (SSSR count). The number of aliphatic carboxylic acids is 1. The molecule has 6 heteroatoms. The van der Waals surface area contributed by atoms with E-state index in [-0.39, 0.29) is 24.7 Å². The summed E-state index contributed by atoms with van der Waals surface area (Å²) >= 11 is 0. The van der Waals surface area contributed by atoms with Crippen LogP contribution in [0.15, 0.2) is 0 Å². The fourth-order valence-corrected chi connectivity index (χ4v) is 5.29. The van der Waals surface area contributed by atoms with Crippen LogP contribution in [0.1, 0.15) is 194 Å². The summed E-state index contributed by atoms with van der Waals surface area (Å²) in [5, 5.41) is 12.0. The molecule has 6 nitrogen and oxygen atoms in total. The van der Waals surface area contributed by atoms with E-state index in [0.717, 1.165) is 38.5 Å². The SMILES string of the molecule is CCCCCCCCCCCCCCCCCC(=O)N[C@@H](CCC(=O)OCCCCCCCCCCCC)C(=O)O. The molecule has 0 aliphatic rings. The van der Waals surface area contributed by atoms with E-state index in [2.05, 4.69) is 19.2 Å². The molecule has 0 saturated carbocycles. The van der Waals surface area contributed by atoms with Crippen LogP contribution in [0.4, 0.5) is 0 Å². The number of carboxylic acid groups (broad SMARTS) is 1. The minimum Gasteiger partial charge on any atom is -0.480 e. The number of hydrogen-bond acceptors (Lipinski definition) is 4. The highest BCUT2D eigenvalue weighted by Crippen LogP contribution is 2.14. The second-order valence-electron chi connectivity index (χ2n) is 12.1. The predicted octanol–water partition coefficient (Wildman–Crippen LogP) is 10.1. The largest absolute Gasteiger partial charge is 0.480 e. The third kappa shape index (κ3) is 29.7. The van der Waals surface area contributed by atoms with Gasteiger partial charge in [-0.3, -0.25) is 9.59 Å². The summed E-state index contributed by atoms with van der Waals surface area (Å²) in [7, 11) is 0. The average Bonchev–Trinajstić information content (AvgIpc) is 2.95. The smallest absolute Gasteiger partial charge is 0.326 e. The van der Waals surface area contributed by atoms with Crippen LogP contribution in [0.25, 0.3) is 0 Å². The van der Waals surface area contributed by atoms with Crippen LogP contribution in [0.3, 0.4) is 0 Å². The molecule has 0 unspecified atom stereocenters. The van der Waals surface area contributed by atoms with Crippen molar-refractivity contribution in [1.29, 1.82) is 0 Å². The van der Waals surface area contributed by atoms with Crippen molar-refractivity contribution in [3.63, 3.8) is 0 Å². The van der Waals surface area contributed by atoms with Crippen molar-refractivity contribution in [2.75, 3.05) is 6.61 Å². The molecule has 0 bridgehead atoms. The monoisotopic (exact) mass is 582 g/mol. The van der Waals surface area contributed by atoms with E-state index in [1.807, 2.05) is 0 Å². The molecule has 242 valence electrons. The van der Waals surface area contributed by atoms with Gasteiger partial charge in [0.2, 0.25) is 5.91 Å². The minimum absolute atomic E-state index is 0.00790. The topological polar surface area (TPSA) is 92.7 Å². The van der Waals surface area contributed by atoms with Gasteiger partial charge in [-0.1, -0.05) is 162 Å². The minimum atomic E-state index is -1.10. The number of carboxylic acids is 1. The van der Waals surface area contributed by atoms with Crippen molar-refractivity contribution in [3.05, 3.63) is 0 Å². The standard InChI is InChI=1S/C35H67NO5/c1-3-5-7-9-11-13-15-16-17-18-19-20-22-24-26-28-33(37)36-32(35(39)40)29-30-34(38)41-31-27-25-23-21-14-12-10-8-6-4-2/h32H,3-31H2,1-2H3,(H,36,37)(H,39,40)/t32-/m0/s1. The van der Waals surface area contributed by atoms with Crippen LogP contribution in [-0.4, -0.2) is 35.6 Å². The van der Waals surface area contributed by atoms with Crippen molar-refractivity contribution < 1.29 is 24.2 Å². The maximum Gasteiger partial charge on any atom is 0.326 e. The Kier molecular flexibility index (Phi) is 30.1. The Morgan fingerprint density at radius 3 is 1.29 bits per heavy atom. The van der Waals surface area contributed by atoms with Crippen LogP contribution in [0.5, 0.6) is 0 Å². The highest BCUT2D eigenvalue weighted by Gasteiger charge is 2.21. The van der Waals surface area contributed by atoms with Crippen LogP contribution < -0.4 is 5.32 Å². The lowest BCUT2D eigenvalue weighted by Crippen LogP contribution is -2.41. The quantitative estimate of drug-likeness (QED) is 0.0609. The first kappa shape index (κ1) is 39.4. The first-order valence-electron chi connectivity index (χ1n) is 17.7. The van der Waals surface area contributed by atoms with Gasteiger partial charge in [0.1, 0.15) is 6.04 Å². The Labute approximate surface area is 253 Å². The van der Waals surface area contributed by atoms with Crippen molar-refractivity contribution in [1.82, 2.24) is 5.32 Å². The maximum atomic E-state index is 12.2. The van der Waals surface area contributed by atoms with Gasteiger partial charge in [-0.2, -0.15) is 0 Å². The molecule has 0 aromatic carbocycles. The summed E-state index contributed by atoms with van der Waals surface area (Å²) in [6.07, 6.45) is 31.6. The number of unbranched alkanes of at least 4 members (excludes halogenated alkanes) is 23. The van der Waals surface area contributed by atoms with Gasteiger partial charge in [0, 0.05) is 12.8 Å². The third-order valence-corrected chi connectivity index (χ3v) is 8.04. The van der Waals surface area contributed by atoms with Gasteiger partial charge in [-0.25, -0.2) is 4.79 Å². The third-order valence-electron chi connectivity index (χ3n) is 8.04. The summed E-state index contributed by atoms with van der Waals surface area (Å²) < 4.78 is 5.26. The van der Waals surface area contributed by atoms with Gasteiger partial charge < -0.3 is 15.2 Å². The van der Waals surface area contributed by atoms with Crippen LogP contribution in [-0.2, 0) is 19.1 Å². The van der Waals surface area contributed by atoms with Gasteiger partial charge in [0.15, 0.2) is 0 Å². The van der Waals surface area contributed by atoms with Crippen LogP contribution in [0.2, 0.25) is 0 Å². The number of rotatable bonds is 32. The lowest BCUT2D eigenvalue weighted by atomic mass is 10.0. The Bertz CT molecular complexity index is 609. The van der Waals surface area contributed by atoms with Crippen molar-refractivity contribution in [2.45, 2.75) is 200 Å². The average molecular weight is 582 g/mol. The molecule has 1 amide bonds. The highest BCUT2D eigenvalue weighted by molar-refractivity contribution is 5.84.